The van der Waals surface area contributed by atoms with E-state index in [1.165, 1.54) is 18.8 Å². The van der Waals surface area contributed by atoms with E-state index in [9.17, 15) is 18.0 Å². The minimum Gasteiger partial charge on any atom is -0.355 e. The lowest BCUT2D eigenvalue weighted by molar-refractivity contribution is 0.102. The zero-order chi connectivity index (χ0) is 18.0. The Kier molecular flexibility index (Phi) is 4.87. The molecule has 132 valence electrons. The van der Waals surface area contributed by atoms with Crippen LogP contribution in [0.2, 0.25) is 0 Å². The molecule has 0 saturated carbocycles. The molecule has 0 aliphatic carbocycles. The summed E-state index contributed by atoms with van der Waals surface area (Å²) in [6, 6.07) is 1.68. The molecule has 1 amide bonds. The predicted molar refractivity (Wildman–Crippen MR) is 86.9 cm³/mol. The number of nitrogens with one attached hydrogen (secondary N) is 1. The zero-order valence-electron chi connectivity index (χ0n) is 13.6. The van der Waals surface area contributed by atoms with Crippen molar-refractivity contribution in [1.29, 1.82) is 0 Å². The van der Waals surface area contributed by atoms with Crippen LogP contribution in [0.15, 0.2) is 24.5 Å². The van der Waals surface area contributed by atoms with Gasteiger partial charge in [0.05, 0.1) is 18.1 Å². The number of carbonyl (C=O) groups is 1. The summed E-state index contributed by atoms with van der Waals surface area (Å²) >= 11 is 0. The van der Waals surface area contributed by atoms with Crippen molar-refractivity contribution in [2.45, 2.75) is 19.8 Å². The quantitative estimate of drug-likeness (QED) is 0.862. The molecular weight excluding hydrogens is 333 g/mol. The fourth-order valence-electron chi connectivity index (χ4n) is 2.81. The molecule has 1 aromatic carbocycles. The van der Waals surface area contributed by atoms with Gasteiger partial charge in [-0.2, -0.15) is 0 Å². The molecule has 1 aromatic heterocycles. The number of carbonyl (C=O) groups excluding carboxylic acids is 1. The average Bonchev–Trinajstić information content (AvgIpc) is 2.62. The van der Waals surface area contributed by atoms with Crippen molar-refractivity contribution in [2.24, 2.45) is 5.92 Å². The van der Waals surface area contributed by atoms with Gasteiger partial charge in [0.2, 0.25) is 0 Å². The van der Waals surface area contributed by atoms with Crippen LogP contribution in [-0.2, 0) is 0 Å². The average molecular weight is 350 g/mol. The topological polar surface area (TPSA) is 58.1 Å². The van der Waals surface area contributed by atoms with Gasteiger partial charge in [0.15, 0.2) is 17.5 Å². The standard InChI is InChI=1S/C17H17F3N4O/c1-10-3-2-6-24(9-10)14-8-21-13(7-22-14)17(25)23-12-5-4-11(18)15(19)16(12)20/h4-5,7-8,10H,2-3,6,9H2,1H3,(H,23,25). The van der Waals surface area contributed by atoms with Gasteiger partial charge in [-0.3, -0.25) is 4.79 Å². The van der Waals surface area contributed by atoms with Crippen molar-refractivity contribution in [3.05, 3.63) is 47.7 Å². The minimum absolute atomic E-state index is 0.0436. The molecule has 5 nitrogen and oxygen atoms in total. The second kappa shape index (κ2) is 7.08. The summed E-state index contributed by atoms with van der Waals surface area (Å²) in [5.74, 6) is -3.94. The molecule has 1 fully saturated rings. The SMILES string of the molecule is CC1CCCN(c2cnc(C(=O)Nc3ccc(F)c(F)c3F)cn2)C1. The third-order valence-electron chi connectivity index (χ3n) is 4.14. The zero-order valence-corrected chi connectivity index (χ0v) is 13.6. The van der Waals surface area contributed by atoms with E-state index in [0.29, 0.717) is 11.7 Å². The van der Waals surface area contributed by atoms with E-state index < -0.39 is 29.0 Å². The summed E-state index contributed by atoms with van der Waals surface area (Å²) in [6.07, 6.45) is 5.00. The molecule has 1 aliphatic heterocycles. The number of aromatic nitrogens is 2. The maximum absolute atomic E-state index is 13.6. The Morgan fingerprint density at radius 1 is 1.20 bits per heavy atom. The summed E-state index contributed by atoms with van der Waals surface area (Å²) in [7, 11) is 0. The van der Waals surface area contributed by atoms with Crippen LogP contribution in [-0.4, -0.2) is 29.0 Å². The molecule has 2 heterocycles. The predicted octanol–water partition coefficient (Wildman–Crippen LogP) is 3.38. The van der Waals surface area contributed by atoms with Crippen molar-refractivity contribution < 1.29 is 18.0 Å². The van der Waals surface area contributed by atoms with Crippen LogP contribution in [0.5, 0.6) is 0 Å². The molecule has 25 heavy (non-hydrogen) atoms. The summed E-state index contributed by atoms with van der Waals surface area (Å²) < 4.78 is 39.7. The van der Waals surface area contributed by atoms with Crippen molar-refractivity contribution >= 4 is 17.4 Å². The highest BCUT2D eigenvalue weighted by atomic mass is 19.2. The van der Waals surface area contributed by atoms with Crippen LogP contribution in [0.3, 0.4) is 0 Å². The smallest absolute Gasteiger partial charge is 0.275 e. The molecule has 1 atom stereocenters. The van der Waals surface area contributed by atoms with E-state index in [4.69, 9.17) is 0 Å². The largest absolute Gasteiger partial charge is 0.355 e. The molecule has 1 unspecified atom stereocenters. The molecule has 1 saturated heterocycles. The monoisotopic (exact) mass is 350 g/mol. The Bertz CT molecular complexity index is 782. The Hall–Kier alpha value is -2.64. The fourth-order valence-corrected chi connectivity index (χ4v) is 2.81. The lowest BCUT2D eigenvalue weighted by Gasteiger charge is -2.31. The van der Waals surface area contributed by atoms with E-state index in [1.54, 1.807) is 0 Å². The van der Waals surface area contributed by atoms with Crippen molar-refractivity contribution in [3.63, 3.8) is 0 Å². The first-order chi connectivity index (χ1) is 12.0. The highest BCUT2D eigenvalue weighted by Gasteiger charge is 2.19. The Balaban J connectivity index is 1.72. The number of amides is 1. The molecule has 0 spiro atoms. The second-order valence-corrected chi connectivity index (χ2v) is 6.13. The molecule has 8 heteroatoms. The first-order valence-corrected chi connectivity index (χ1v) is 7.97. The van der Waals surface area contributed by atoms with E-state index in [0.717, 1.165) is 31.6 Å². The molecule has 0 radical (unpaired) electrons. The maximum atomic E-state index is 13.6. The third-order valence-corrected chi connectivity index (χ3v) is 4.14. The first kappa shape index (κ1) is 17.2. The van der Waals surface area contributed by atoms with Gasteiger partial charge in [0.25, 0.3) is 5.91 Å². The van der Waals surface area contributed by atoms with Crippen LogP contribution in [0.1, 0.15) is 30.3 Å². The molecule has 3 rings (SSSR count). The first-order valence-electron chi connectivity index (χ1n) is 7.97. The maximum Gasteiger partial charge on any atom is 0.275 e. The fraction of sp³-hybridized carbons (Fsp3) is 0.353. The Labute approximate surface area is 142 Å². The second-order valence-electron chi connectivity index (χ2n) is 6.13. The van der Waals surface area contributed by atoms with Gasteiger partial charge in [-0.15, -0.1) is 0 Å². The number of halogens is 3. The minimum atomic E-state index is -1.64. The van der Waals surface area contributed by atoms with Gasteiger partial charge in [-0.05, 0) is 30.9 Å². The number of anilines is 2. The van der Waals surface area contributed by atoms with Gasteiger partial charge in [-0.25, -0.2) is 23.1 Å². The molecule has 1 aliphatic rings. The van der Waals surface area contributed by atoms with Crippen molar-refractivity contribution in [2.75, 3.05) is 23.3 Å². The van der Waals surface area contributed by atoms with Crippen LogP contribution in [0.4, 0.5) is 24.7 Å². The lowest BCUT2D eigenvalue weighted by atomic mass is 10.0. The van der Waals surface area contributed by atoms with E-state index in [-0.39, 0.29) is 5.69 Å². The summed E-state index contributed by atoms with van der Waals surface area (Å²) in [6.45, 7) is 3.92. The van der Waals surface area contributed by atoms with Crippen molar-refractivity contribution in [3.8, 4) is 0 Å². The number of hydrogen-bond acceptors (Lipinski definition) is 4. The van der Waals surface area contributed by atoms with Gasteiger partial charge in [-0.1, -0.05) is 6.92 Å². The highest BCUT2D eigenvalue weighted by molar-refractivity contribution is 6.02. The lowest BCUT2D eigenvalue weighted by Crippen LogP contribution is -2.35. The number of hydrogen-bond donors (Lipinski definition) is 1. The summed E-state index contributed by atoms with van der Waals surface area (Å²) in [5.41, 5.74) is -0.502. The molecule has 1 N–H and O–H groups in total. The van der Waals surface area contributed by atoms with Crippen LogP contribution in [0, 0.1) is 23.4 Å². The number of piperidine rings is 1. The van der Waals surface area contributed by atoms with Gasteiger partial charge >= 0.3 is 0 Å². The van der Waals surface area contributed by atoms with E-state index in [2.05, 4.69) is 27.1 Å². The van der Waals surface area contributed by atoms with Crippen LogP contribution >= 0.6 is 0 Å². The Morgan fingerprint density at radius 2 is 2.00 bits per heavy atom. The summed E-state index contributed by atoms with van der Waals surface area (Å²) in [5, 5.41) is 2.16. The molecular formula is C17H17F3N4O. The van der Waals surface area contributed by atoms with Crippen molar-refractivity contribution in [1.82, 2.24) is 9.97 Å². The highest BCUT2D eigenvalue weighted by Crippen LogP contribution is 2.22. The normalized spacial score (nSPS) is 17.4. The van der Waals surface area contributed by atoms with Gasteiger partial charge < -0.3 is 10.2 Å². The molecule has 0 bridgehead atoms. The number of nitrogens with zero attached hydrogens (tertiary/aromatic N) is 3. The Morgan fingerprint density at radius 3 is 2.68 bits per heavy atom. The third kappa shape index (κ3) is 3.72. The van der Waals surface area contributed by atoms with E-state index in [1.807, 2.05) is 0 Å². The van der Waals surface area contributed by atoms with Crippen LogP contribution < -0.4 is 10.2 Å². The summed E-state index contributed by atoms with van der Waals surface area (Å²) in [4.78, 5) is 22.5. The number of rotatable bonds is 3. The van der Waals surface area contributed by atoms with Crippen LogP contribution in [0.25, 0.3) is 0 Å². The van der Waals surface area contributed by atoms with E-state index >= 15 is 0 Å². The molecule has 2 aromatic rings. The number of benzene rings is 1. The van der Waals surface area contributed by atoms with Gasteiger partial charge in [0.1, 0.15) is 11.5 Å². The van der Waals surface area contributed by atoms with Gasteiger partial charge in [0, 0.05) is 13.1 Å².